The van der Waals surface area contributed by atoms with E-state index >= 15 is 0 Å². The molecule has 78 heavy (non-hydrogen) atoms. The predicted molar refractivity (Wildman–Crippen MR) is 339 cm³/mol. The molecule has 0 bridgehead atoms. The SMILES string of the molecule is CCCCCCC/C=C\C/C=C\C/C=C\CCCCCCCCCCCCC(=O)OC(COC(=O)CCCCCCC)COC(=O)CCCCCCCCCCCCCCCCCCCCCCCCCCCCCCCC. The standard InChI is InChI=1S/C72H134O6/c1-4-7-10-13-15-17-19-21-23-25-27-29-31-33-34-35-36-37-39-40-42-44-46-48-50-52-54-56-59-62-65-71(74)77-68-69(67-76-70(73)64-61-58-12-9-6-3)78-72(75)66-63-60-57-55-53-51-49-47-45-43-41-38-32-30-28-26-24-22-20-18-16-14-11-8-5-2/h20,22,26,28,32,38,69H,4-19,21,23-25,27,29-31,33-37,39-68H2,1-3H3/b22-20-,28-26-,38-32-. The maximum absolute atomic E-state index is 12.8. The van der Waals surface area contributed by atoms with Crippen LogP contribution in [0.5, 0.6) is 0 Å². The van der Waals surface area contributed by atoms with Gasteiger partial charge < -0.3 is 14.2 Å². The van der Waals surface area contributed by atoms with Crippen LogP contribution in [0.25, 0.3) is 0 Å². The van der Waals surface area contributed by atoms with E-state index in [-0.39, 0.29) is 31.1 Å². The Morgan fingerprint density at radius 2 is 0.462 bits per heavy atom. The van der Waals surface area contributed by atoms with Crippen LogP contribution in [0.15, 0.2) is 36.5 Å². The Kier molecular flexibility index (Phi) is 65.1. The first-order valence-corrected chi connectivity index (χ1v) is 35.0. The van der Waals surface area contributed by atoms with Gasteiger partial charge in [-0.3, -0.25) is 14.4 Å². The van der Waals surface area contributed by atoms with Crippen LogP contribution in [0.3, 0.4) is 0 Å². The third kappa shape index (κ3) is 64.5. The van der Waals surface area contributed by atoms with E-state index in [1.807, 2.05) is 0 Å². The van der Waals surface area contributed by atoms with E-state index in [0.717, 1.165) is 77.0 Å². The first-order chi connectivity index (χ1) is 38.5. The van der Waals surface area contributed by atoms with Crippen LogP contribution >= 0.6 is 0 Å². The van der Waals surface area contributed by atoms with Crippen LogP contribution in [0.2, 0.25) is 0 Å². The van der Waals surface area contributed by atoms with Crippen molar-refractivity contribution in [2.75, 3.05) is 13.2 Å². The second-order valence-electron chi connectivity index (χ2n) is 23.8. The van der Waals surface area contributed by atoms with E-state index in [2.05, 4.69) is 57.2 Å². The van der Waals surface area contributed by atoms with Crippen molar-refractivity contribution in [3.8, 4) is 0 Å². The van der Waals surface area contributed by atoms with E-state index in [0.29, 0.717) is 19.3 Å². The molecule has 0 rings (SSSR count). The summed E-state index contributed by atoms with van der Waals surface area (Å²) in [6.45, 7) is 6.61. The molecule has 0 aromatic rings. The smallest absolute Gasteiger partial charge is 0.306 e. The van der Waals surface area contributed by atoms with Crippen molar-refractivity contribution in [3.05, 3.63) is 36.5 Å². The Morgan fingerprint density at radius 1 is 0.256 bits per heavy atom. The lowest BCUT2D eigenvalue weighted by atomic mass is 10.0. The third-order valence-corrected chi connectivity index (χ3v) is 15.9. The van der Waals surface area contributed by atoms with Crippen molar-refractivity contribution in [1.82, 2.24) is 0 Å². The van der Waals surface area contributed by atoms with Crippen LogP contribution in [-0.4, -0.2) is 37.2 Å². The van der Waals surface area contributed by atoms with Crippen molar-refractivity contribution in [3.63, 3.8) is 0 Å². The molecule has 0 aromatic heterocycles. The first kappa shape index (κ1) is 75.6. The normalized spacial score (nSPS) is 12.2. The van der Waals surface area contributed by atoms with Crippen molar-refractivity contribution in [2.45, 2.75) is 393 Å². The molecule has 0 fully saturated rings. The van der Waals surface area contributed by atoms with Crippen LogP contribution in [0.4, 0.5) is 0 Å². The molecule has 458 valence electrons. The molecule has 0 aromatic carbocycles. The Morgan fingerprint density at radius 3 is 0.718 bits per heavy atom. The van der Waals surface area contributed by atoms with E-state index in [9.17, 15) is 14.4 Å². The largest absolute Gasteiger partial charge is 0.462 e. The average Bonchev–Trinajstić information content (AvgIpc) is 3.44. The molecule has 6 nitrogen and oxygen atoms in total. The minimum absolute atomic E-state index is 0.0696. The molecule has 6 heteroatoms. The fourth-order valence-electron chi connectivity index (χ4n) is 10.6. The number of hydrogen-bond donors (Lipinski definition) is 0. The number of hydrogen-bond acceptors (Lipinski definition) is 6. The zero-order valence-electron chi connectivity index (χ0n) is 52.7. The summed E-state index contributed by atoms with van der Waals surface area (Å²) in [5.41, 5.74) is 0. The lowest BCUT2D eigenvalue weighted by Gasteiger charge is -2.18. The molecule has 0 amide bonds. The monoisotopic (exact) mass is 1100 g/mol. The van der Waals surface area contributed by atoms with Crippen LogP contribution in [0, 0.1) is 0 Å². The summed E-state index contributed by atoms with van der Waals surface area (Å²) in [5.74, 6) is -0.865. The highest BCUT2D eigenvalue weighted by atomic mass is 16.6. The van der Waals surface area contributed by atoms with Gasteiger partial charge in [-0.05, 0) is 57.8 Å². The van der Waals surface area contributed by atoms with E-state index in [1.165, 1.54) is 270 Å². The fourth-order valence-corrected chi connectivity index (χ4v) is 10.6. The van der Waals surface area contributed by atoms with Gasteiger partial charge in [0.2, 0.25) is 0 Å². The van der Waals surface area contributed by atoms with Gasteiger partial charge in [-0.2, -0.15) is 0 Å². The molecule has 0 aliphatic heterocycles. The minimum atomic E-state index is -0.769. The Hall–Kier alpha value is -2.37. The molecule has 0 radical (unpaired) electrons. The number of carbonyl (C=O) groups is 3. The van der Waals surface area contributed by atoms with Gasteiger partial charge in [-0.1, -0.05) is 346 Å². The lowest BCUT2D eigenvalue weighted by Crippen LogP contribution is -2.30. The maximum Gasteiger partial charge on any atom is 0.306 e. The molecule has 0 aliphatic carbocycles. The summed E-state index contributed by atoms with van der Waals surface area (Å²) in [6, 6.07) is 0. The number of esters is 3. The summed E-state index contributed by atoms with van der Waals surface area (Å²) in [7, 11) is 0. The van der Waals surface area contributed by atoms with Crippen LogP contribution in [0.1, 0.15) is 387 Å². The number of carbonyl (C=O) groups excluding carboxylic acids is 3. The lowest BCUT2D eigenvalue weighted by molar-refractivity contribution is -0.167. The Labute approximate surface area is 486 Å². The highest BCUT2D eigenvalue weighted by Crippen LogP contribution is 2.19. The summed E-state index contributed by atoms with van der Waals surface area (Å²) in [4.78, 5) is 38.0. The molecule has 1 atom stereocenters. The van der Waals surface area contributed by atoms with Gasteiger partial charge in [0, 0.05) is 19.3 Å². The summed E-state index contributed by atoms with van der Waals surface area (Å²) in [6.07, 6.45) is 83.8. The maximum atomic E-state index is 12.8. The van der Waals surface area contributed by atoms with Crippen LogP contribution < -0.4 is 0 Å². The molecule has 0 aliphatic rings. The predicted octanol–water partition coefficient (Wildman–Crippen LogP) is 23.9. The van der Waals surface area contributed by atoms with Gasteiger partial charge in [0.15, 0.2) is 6.10 Å². The van der Waals surface area contributed by atoms with Crippen LogP contribution in [-0.2, 0) is 28.6 Å². The second-order valence-corrected chi connectivity index (χ2v) is 23.8. The summed E-state index contributed by atoms with van der Waals surface area (Å²) >= 11 is 0. The minimum Gasteiger partial charge on any atom is -0.462 e. The van der Waals surface area contributed by atoms with Crippen molar-refractivity contribution in [1.29, 1.82) is 0 Å². The average molecular weight is 1100 g/mol. The number of allylic oxidation sites excluding steroid dienone is 6. The number of unbranched alkanes of at least 4 members (excludes halogenated alkanes) is 48. The number of ether oxygens (including phenoxy) is 3. The van der Waals surface area contributed by atoms with Gasteiger partial charge >= 0.3 is 17.9 Å². The van der Waals surface area contributed by atoms with Gasteiger partial charge in [-0.15, -0.1) is 0 Å². The molecular weight excluding hydrogens is 961 g/mol. The van der Waals surface area contributed by atoms with Crippen molar-refractivity contribution < 1.29 is 28.6 Å². The molecule has 0 saturated heterocycles. The molecule has 0 heterocycles. The topological polar surface area (TPSA) is 78.9 Å². The van der Waals surface area contributed by atoms with E-state index in [1.54, 1.807) is 0 Å². The first-order valence-electron chi connectivity index (χ1n) is 35.0. The summed E-state index contributed by atoms with van der Waals surface area (Å²) in [5, 5.41) is 0. The summed E-state index contributed by atoms with van der Waals surface area (Å²) < 4.78 is 16.8. The van der Waals surface area contributed by atoms with Crippen molar-refractivity contribution >= 4 is 17.9 Å². The zero-order chi connectivity index (χ0) is 56.4. The molecule has 0 spiro atoms. The van der Waals surface area contributed by atoms with Gasteiger partial charge in [0.1, 0.15) is 13.2 Å². The third-order valence-electron chi connectivity index (χ3n) is 15.9. The van der Waals surface area contributed by atoms with Crippen molar-refractivity contribution in [2.24, 2.45) is 0 Å². The van der Waals surface area contributed by atoms with E-state index < -0.39 is 6.10 Å². The highest BCUT2D eigenvalue weighted by molar-refractivity contribution is 5.71. The fraction of sp³-hybridized carbons (Fsp3) is 0.875. The van der Waals surface area contributed by atoms with Gasteiger partial charge in [0.05, 0.1) is 0 Å². The molecule has 1 unspecified atom stereocenters. The number of rotatable bonds is 65. The second kappa shape index (κ2) is 67.1. The molecular formula is C72H134O6. The Bertz CT molecular complexity index is 1300. The zero-order valence-corrected chi connectivity index (χ0v) is 52.7. The Balaban J connectivity index is 3.94. The molecule has 0 N–H and O–H groups in total. The quantitative estimate of drug-likeness (QED) is 0.0261. The highest BCUT2D eigenvalue weighted by Gasteiger charge is 2.19. The molecule has 0 saturated carbocycles. The van der Waals surface area contributed by atoms with Gasteiger partial charge in [-0.25, -0.2) is 0 Å². The van der Waals surface area contributed by atoms with Gasteiger partial charge in [0.25, 0.3) is 0 Å². The van der Waals surface area contributed by atoms with E-state index in [4.69, 9.17) is 14.2 Å².